The normalized spacial score (nSPS) is 13.6. The van der Waals surface area contributed by atoms with E-state index in [1.54, 1.807) is 170 Å². The minimum atomic E-state index is -1.25. The van der Waals surface area contributed by atoms with Crippen molar-refractivity contribution < 1.29 is 135 Å². The standard InChI is InChI=1S/C100H88O28/c1-113-69-33-9-57(10-34-69)49-121-89(105)53-125-97(109)65-25-17-61(18-26-65)93-73-41-78(86(118-6)45-81(73)101)95(63-21-29-67(30-22-63)99(111)127-55-91(107)123-51-59-13-37-71(115-3)38-14-59)75-43-80(88(120-8)47-83(75)103)96(64-23-31-68(32-24-64)100(112)128-56-92(108)124-52-60-15-39-72(116-4)40-16-60)76-44-79(87(119-7)48-84(76)104)94(74-42-77(93)85(117-5)46-82(74)102)62-19-27-66(28-20-62)98(110)126-54-90(106)122-50-58-11-35-70(114-2)36-12-58/h9-48,93-96,101-104H,49-56H2,1-8H3. The number of fused-ring (bicyclic) bond motifs is 8. The lowest BCUT2D eigenvalue weighted by Crippen LogP contribution is -2.17. The van der Waals surface area contributed by atoms with Gasteiger partial charge in [0, 0.05) is 92.4 Å². The van der Waals surface area contributed by atoms with Crippen LogP contribution in [0.15, 0.2) is 243 Å². The second kappa shape index (κ2) is 41.5. The Balaban J connectivity index is 0.969. The van der Waals surface area contributed by atoms with Gasteiger partial charge in [0.2, 0.25) is 0 Å². The van der Waals surface area contributed by atoms with Gasteiger partial charge in [-0.1, -0.05) is 97.1 Å². The molecule has 0 radical (unpaired) electrons. The Hall–Kier alpha value is -16.0. The summed E-state index contributed by atoms with van der Waals surface area (Å²) in [5.41, 5.74) is 5.23. The molecule has 656 valence electrons. The van der Waals surface area contributed by atoms with Crippen LogP contribution in [0, 0.1) is 0 Å². The molecular formula is C100H88O28. The van der Waals surface area contributed by atoms with Crippen molar-refractivity contribution in [2.45, 2.75) is 50.1 Å². The highest BCUT2D eigenvalue weighted by Crippen LogP contribution is 2.55. The van der Waals surface area contributed by atoms with E-state index in [-0.39, 0.29) is 116 Å². The Labute approximate surface area is 735 Å². The van der Waals surface area contributed by atoms with Gasteiger partial charge in [-0.15, -0.1) is 0 Å². The van der Waals surface area contributed by atoms with Crippen molar-refractivity contribution in [3.63, 3.8) is 0 Å². The fraction of sp³-hybridized carbons (Fsp3) is 0.200. The molecule has 1 aliphatic rings. The van der Waals surface area contributed by atoms with Crippen molar-refractivity contribution in [3.8, 4) is 69.0 Å². The molecule has 4 N–H and O–H groups in total. The molecule has 4 atom stereocenters. The van der Waals surface area contributed by atoms with Crippen molar-refractivity contribution in [3.05, 3.63) is 354 Å². The van der Waals surface area contributed by atoms with Gasteiger partial charge in [0.15, 0.2) is 26.4 Å². The molecule has 0 saturated carbocycles. The van der Waals surface area contributed by atoms with Crippen LogP contribution in [0.4, 0.5) is 0 Å². The first kappa shape index (κ1) is 89.7. The van der Waals surface area contributed by atoms with E-state index in [4.69, 9.17) is 75.8 Å². The van der Waals surface area contributed by atoms with Crippen molar-refractivity contribution in [2.24, 2.45) is 0 Å². The predicted octanol–water partition coefficient (Wildman–Crippen LogP) is 15.2. The van der Waals surface area contributed by atoms with Gasteiger partial charge in [0.1, 0.15) is 95.4 Å². The minimum absolute atomic E-state index is 0.0220. The summed E-state index contributed by atoms with van der Waals surface area (Å²) in [6.07, 6.45) is 0. The van der Waals surface area contributed by atoms with Gasteiger partial charge in [-0.05, 0) is 166 Å². The number of phenols is 4. The Morgan fingerprint density at radius 2 is 0.398 bits per heavy atom. The molecule has 28 nitrogen and oxygen atoms in total. The maximum atomic E-state index is 14.0. The molecular weight excluding hydrogens is 1650 g/mol. The average molecular weight is 1740 g/mol. The molecule has 13 rings (SSSR count). The number of ether oxygens (including phenoxy) is 16. The SMILES string of the molecule is COc1ccc(COC(=O)COC(=O)c2ccc(C3c4cc(c(OC)cc4O)C(c4ccc(C(=O)OCC(=O)OCc5ccc(OC)cc5)cc4)c4cc(c(OC)cc4O)C(c4ccc(C(=O)OCC(=O)OCc5ccc(OC)cc5)cc4)c4cc(c(OC)cc4O)C(c4ccc(C(=O)OCC(=O)OCc5ccc(OC)cc5)cc4)c4cc3c(OC)cc4O)cc2)cc1. The van der Waals surface area contributed by atoms with Gasteiger partial charge >= 0.3 is 47.8 Å². The van der Waals surface area contributed by atoms with Gasteiger partial charge in [-0.25, -0.2) is 38.4 Å². The Morgan fingerprint density at radius 1 is 0.219 bits per heavy atom. The average Bonchev–Trinajstić information content (AvgIpc) is 0.736. The van der Waals surface area contributed by atoms with Crippen LogP contribution in [-0.4, -0.2) is 151 Å². The molecule has 128 heavy (non-hydrogen) atoms. The molecule has 1 aliphatic carbocycles. The topological polar surface area (TPSA) is 365 Å². The van der Waals surface area contributed by atoms with Gasteiger partial charge in [0.05, 0.1) is 79.1 Å². The summed E-state index contributed by atoms with van der Waals surface area (Å²) >= 11 is 0. The van der Waals surface area contributed by atoms with Crippen molar-refractivity contribution in [1.29, 1.82) is 0 Å². The van der Waals surface area contributed by atoms with Crippen LogP contribution in [-0.2, 0) is 83.5 Å². The van der Waals surface area contributed by atoms with E-state index in [1.165, 1.54) is 130 Å². The first-order chi connectivity index (χ1) is 62.0. The molecule has 0 aromatic heterocycles. The van der Waals surface area contributed by atoms with Crippen molar-refractivity contribution in [2.75, 3.05) is 83.3 Å². The zero-order chi connectivity index (χ0) is 90.7. The lowest BCUT2D eigenvalue weighted by molar-refractivity contribution is -0.149. The van der Waals surface area contributed by atoms with E-state index in [1.807, 2.05) is 0 Å². The summed E-state index contributed by atoms with van der Waals surface area (Å²) in [6, 6.07) is 63.4. The van der Waals surface area contributed by atoms with Gasteiger partial charge in [0.25, 0.3) is 0 Å². The van der Waals surface area contributed by atoms with Crippen LogP contribution in [0.5, 0.6) is 69.0 Å². The van der Waals surface area contributed by atoms with Gasteiger partial charge in [-0.3, -0.25) is 0 Å². The molecule has 0 heterocycles. The third kappa shape index (κ3) is 21.2. The first-order valence-electron chi connectivity index (χ1n) is 39.9. The monoisotopic (exact) mass is 1740 g/mol. The number of benzene rings is 12. The van der Waals surface area contributed by atoms with Crippen molar-refractivity contribution >= 4 is 47.8 Å². The highest BCUT2D eigenvalue weighted by molar-refractivity contribution is 5.93. The quantitative estimate of drug-likeness (QED) is 0.0225. The van der Waals surface area contributed by atoms with Crippen LogP contribution in [0.25, 0.3) is 0 Å². The fourth-order valence-corrected chi connectivity index (χ4v) is 14.8. The van der Waals surface area contributed by atoms with Crippen LogP contribution in [0.2, 0.25) is 0 Å². The molecule has 0 amide bonds. The third-order valence-electron chi connectivity index (χ3n) is 21.4. The number of rotatable bonds is 32. The number of methoxy groups -OCH3 is 8. The molecule has 0 aliphatic heterocycles. The van der Waals surface area contributed by atoms with E-state index in [0.29, 0.717) is 67.5 Å². The molecule has 8 bridgehead atoms. The largest absolute Gasteiger partial charge is 0.507 e. The second-order valence-corrected chi connectivity index (χ2v) is 29.2. The Morgan fingerprint density at radius 3 is 0.562 bits per heavy atom. The minimum Gasteiger partial charge on any atom is -0.507 e. The van der Waals surface area contributed by atoms with Gasteiger partial charge < -0.3 is 96.2 Å². The summed E-state index contributed by atoms with van der Waals surface area (Å²) < 4.78 is 89.7. The number of hydrogen-bond acceptors (Lipinski definition) is 28. The lowest BCUT2D eigenvalue weighted by Gasteiger charge is -2.31. The first-order valence-corrected chi connectivity index (χ1v) is 39.9. The van der Waals surface area contributed by atoms with E-state index in [9.17, 15) is 58.8 Å². The highest BCUT2D eigenvalue weighted by atomic mass is 16.6. The number of esters is 8. The maximum Gasteiger partial charge on any atom is 0.344 e. The third-order valence-corrected chi connectivity index (χ3v) is 21.4. The predicted molar refractivity (Wildman–Crippen MR) is 460 cm³/mol. The molecule has 0 saturated heterocycles. The van der Waals surface area contributed by atoms with E-state index < -0.39 is 121 Å². The lowest BCUT2D eigenvalue weighted by atomic mass is 9.75. The molecule has 28 heteroatoms. The number of hydrogen-bond donors (Lipinski definition) is 4. The van der Waals surface area contributed by atoms with Gasteiger partial charge in [-0.2, -0.15) is 0 Å². The fourth-order valence-electron chi connectivity index (χ4n) is 14.8. The molecule has 12 aromatic carbocycles. The smallest absolute Gasteiger partial charge is 0.344 e. The van der Waals surface area contributed by atoms with E-state index in [2.05, 4.69) is 0 Å². The van der Waals surface area contributed by atoms with Crippen LogP contribution < -0.4 is 37.9 Å². The zero-order valence-electron chi connectivity index (χ0n) is 70.6. The van der Waals surface area contributed by atoms with Crippen LogP contribution in [0.1, 0.15) is 154 Å². The number of carbonyl (C=O) groups is 8. The summed E-state index contributed by atoms with van der Waals surface area (Å²) in [7, 11) is 11.5. The molecule has 4 unspecified atom stereocenters. The number of aromatic hydroxyl groups is 4. The van der Waals surface area contributed by atoms with E-state index in [0.717, 1.165) is 0 Å². The highest BCUT2D eigenvalue weighted by Gasteiger charge is 2.37. The zero-order valence-corrected chi connectivity index (χ0v) is 70.6. The maximum absolute atomic E-state index is 14.0. The summed E-state index contributed by atoms with van der Waals surface area (Å²) in [5, 5.41) is 52.2. The second-order valence-electron chi connectivity index (χ2n) is 29.2. The summed E-state index contributed by atoms with van der Waals surface area (Å²) in [5.74, 6) is -11.1. The molecule has 0 fully saturated rings. The summed E-state index contributed by atoms with van der Waals surface area (Å²) in [6.45, 7) is -3.55. The Kier molecular flexibility index (Phi) is 29.1. The summed E-state index contributed by atoms with van der Waals surface area (Å²) in [4.78, 5) is 109. The number of phenolic OH excluding ortho intramolecular Hbond substituents is 4. The Bertz CT molecular complexity index is 5270. The molecule has 0 spiro atoms. The van der Waals surface area contributed by atoms with E-state index >= 15 is 0 Å². The van der Waals surface area contributed by atoms with Crippen LogP contribution in [0.3, 0.4) is 0 Å². The van der Waals surface area contributed by atoms with Crippen LogP contribution >= 0.6 is 0 Å². The number of carbonyl (C=O) groups excluding carboxylic acids is 8. The van der Waals surface area contributed by atoms with Crippen molar-refractivity contribution in [1.82, 2.24) is 0 Å². The molecule has 12 aromatic rings.